The summed E-state index contributed by atoms with van der Waals surface area (Å²) in [4.78, 5) is 17.0. The van der Waals surface area contributed by atoms with Crippen LogP contribution in [0.1, 0.15) is 24.8 Å². The van der Waals surface area contributed by atoms with Gasteiger partial charge in [0.25, 0.3) is 5.22 Å². The Labute approximate surface area is 190 Å². The maximum atomic E-state index is 13.2. The number of carbonyl (C=O) groups excluding carboxylic acids is 1. The molecule has 2 heterocycles. The molecule has 10 heteroatoms. The van der Waals surface area contributed by atoms with E-state index in [-0.39, 0.29) is 22.2 Å². The van der Waals surface area contributed by atoms with Gasteiger partial charge in [0.15, 0.2) is 5.58 Å². The van der Waals surface area contributed by atoms with Gasteiger partial charge in [0.2, 0.25) is 15.9 Å². The minimum Gasteiger partial charge on any atom is -0.431 e. The van der Waals surface area contributed by atoms with Gasteiger partial charge in [-0.05, 0) is 55.7 Å². The molecule has 0 bridgehead atoms. The number of piperidine rings is 1. The largest absolute Gasteiger partial charge is 0.431 e. The van der Waals surface area contributed by atoms with E-state index >= 15 is 0 Å². The number of aromatic nitrogens is 1. The zero-order valence-corrected chi connectivity index (χ0v) is 19.3. The molecule has 1 N–H and O–H groups in total. The van der Waals surface area contributed by atoms with Crippen molar-refractivity contribution in [2.24, 2.45) is 0 Å². The highest BCUT2D eigenvalue weighted by Crippen LogP contribution is 2.29. The predicted octanol–water partition coefficient (Wildman–Crippen LogP) is 4.70. The molecule has 0 saturated carbocycles. The van der Waals surface area contributed by atoms with Crippen molar-refractivity contribution in [2.75, 3.05) is 24.2 Å². The van der Waals surface area contributed by atoms with Crippen molar-refractivity contribution in [3.05, 3.63) is 47.0 Å². The van der Waals surface area contributed by atoms with Crippen LogP contribution in [0.3, 0.4) is 0 Å². The Balaban J connectivity index is 1.48. The number of aryl methyl sites for hydroxylation is 1. The second kappa shape index (κ2) is 9.20. The number of halogens is 1. The molecule has 0 radical (unpaired) electrons. The molecular weight excluding hydrogens is 458 g/mol. The number of hydrogen-bond donors (Lipinski definition) is 1. The van der Waals surface area contributed by atoms with E-state index in [0.717, 1.165) is 36.6 Å². The summed E-state index contributed by atoms with van der Waals surface area (Å²) in [5, 5.41) is 3.64. The van der Waals surface area contributed by atoms with E-state index in [4.69, 9.17) is 16.0 Å². The molecule has 1 aliphatic rings. The molecule has 0 unspecified atom stereocenters. The molecule has 3 aromatic rings. The van der Waals surface area contributed by atoms with Crippen molar-refractivity contribution < 1.29 is 17.6 Å². The van der Waals surface area contributed by atoms with Gasteiger partial charge in [-0.25, -0.2) is 13.4 Å². The average Bonchev–Trinajstić information content (AvgIpc) is 3.16. The molecule has 31 heavy (non-hydrogen) atoms. The highest BCUT2D eigenvalue weighted by atomic mass is 35.5. The van der Waals surface area contributed by atoms with Gasteiger partial charge >= 0.3 is 0 Å². The lowest BCUT2D eigenvalue weighted by molar-refractivity contribution is -0.113. The number of benzene rings is 2. The Morgan fingerprint density at radius 1 is 1.19 bits per heavy atom. The van der Waals surface area contributed by atoms with Crippen molar-refractivity contribution in [3.63, 3.8) is 0 Å². The monoisotopic (exact) mass is 479 g/mol. The lowest BCUT2D eigenvalue weighted by Gasteiger charge is -2.27. The molecule has 0 spiro atoms. The van der Waals surface area contributed by atoms with Crippen LogP contribution in [0.4, 0.5) is 5.69 Å². The number of thioether (sulfide) groups is 1. The van der Waals surface area contributed by atoms with E-state index in [1.807, 2.05) is 6.92 Å². The smallest absolute Gasteiger partial charge is 0.257 e. The van der Waals surface area contributed by atoms with Crippen LogP contribution >= 0.6 is 23.4 Å². The SMILES string of the molecule is Cc1ccc(NC(=O)CSc2nc3cc(Cl)ccc3o2)c(S(=O)(=O)N2CCCCC2)c1. The molecule has 1 amide bonds. The normalized spacial score (nSPS) is 15.3. The number of nitrogens with zero attached hydrogens (tertiary/aromatic N) is 2. The summed E-state index contributed by atoms with van der Waals surface area (Å²) in [6.07, 6.45) is 2.72. The third-order valence-electron chi connectivity index (χ3n) is 5.00. The van der Waals surface area contributed by atoms with E-state index in [9.17, 15) is 13.2 Å². The van der Waals surface area contributed by atoms with Crippen molar-refractivity contribution >= 4 is 56.1 Å². The number of amides is 1. The summed E-state index contributed by atoms with van der Waals surface area (Å²) < 4.78 is 33.5. The van der Waals surface area contributed by atoms with Gasteiger partial charge in [0.05, 0.1) is 11.4 Å². The molecule has 0 atom stereocenters. The highest BCUT2D eigenvalue weighted by Gasteiger charge is 2.29. The topological polar surface area (TPSA) is 92.5 Å². The van der Waals surface area contributed by atoms with Crippen LogP contribution in [0, 0.1) is 6.92 Å². The minimum atomic E-state index is -3.68. The lowest BCUT2D eigenvalue weighted by Crippen LogP contribution is -2.36. The molecular formula is C21H22ClN3O4S2. The number of sulfonamides is 1. The van der Waals surface area contributed by atoms with Crippen LogP contribution in [0.25, 0.3) is 11.1 Å². The summed E-state index contributed by atoms with van der Waals surface area (Å²) in [7, 11) is -3.68. The maximum absolute atomic E-state index is 13.2. The summed E-state index contributed by atoms with van der Waals surface area (Å²) in [5.74, 6) is -0.318. The van der Waals surface area contributed by atoms with E-state index in [2.05, 4.69) is 10.3 Å². The zero-order valence-electron chi connectivity index (χ0n) is 16.9. The quantitative estimate of drug-likeness (QED) is 0.515. The fourth-order valence-electron chi connectivity index (χ4n) is 3.45. The first kappa shape index (κ1) is 22.1. The Morgan fingerprint density at radius 2 is 1.97 bits per heavy atom. The minimum absolute atomic E-state index is 0.0254. The number of anilines is 1. The molecule has 164 valence electrons. The second-order valence-electron chi connectivity index (χ2n) is 7.39. The van der Waals surface area contributed by atoms with Crippen molar-refractivity contribution in [1.29, 1.82) is 0 Å². The first-order valence-electron chi connectivity index (χ1n) is 9.92. The third-order valence-corrected chi connectivity index (χ3v) is 8.00. The van der Waals surface area contributed by atoms with E-state index in [1.165, 1.54) is 4.31 Å². The van der Waals surface area contributed by atoms with Gasteiger partial charge in [0.1, 0.15) is 10.4 Å². The summed E-state index contributed by atoms with van der Waals surface area (Å²) in [6.45, 7) is 2.83. The molecule has 1 aliphatic heterocycles. The standard InChI is InChI=1S/C21H22ClN3O4S2/c1-14-5-7-16(19(11-14)31(27,28)25-9-3-2-4-10-25)23-20(26)13-30-21-24-17-12-15(22)6-8-18(17)29-21/h5-8,11-12H,2-4,9-10,13H2,1H3,(H,23,26). The Morgan fingerprint density at radius 3 is 2.74 bits per heavy atom. The molecule has 0 aliphatic carbocycles. The zero-order chi connectivity index (χ0) is 22.0. The van der Waals surface area contributed by atoms with Crippen molar-refractivity contribution in [3.8, 4) is 0 Å². The van der Waals surface area contributed by atoms with Crippen LogP contribution in [0.5, 0.6) is 0 Å². The van der Waals surface area contributed by atoms with Gasteiger partial charge in [0, 0.05) is 18.1 Å². The number of hydrogen-bond acceptors (Lipinski definition) is 6. The van der Waals surface area contributed by atoms with E-state index in [0.29, 0.717) is 34.4 Å². The van der Waals surface area contributed by atoms with Crippen molar-refractivity contribution in [2.45, 2.75) is 36.3 Å². The number of nitrogens with one attached hydrogen (secondary N) is 1. The summed E-state index contributed by atoms with van der Waals surface area (Å²) in [6, 6.07) is 10.1. The molecule has 1 saturated heterocycles. The highest BCUT2D eigenvalue weighted by molar-refractivity contribution is 7.99. The third kappa shape index (κ3) is 5.06. The van der Waals surface area contributed by atoms with Gasteiger partial charge in [-0.1, -0.05) is 35.9 Å². The Bertz CT molecular complexity index is 1220. The molecule has 4 rings (SSSR count). The number of rotatable bonds is 6. The molecule has 2 aromatic carbocycles. The first-order valence-corrected chi connectivity index (χ1v) is 12.7. The first-order chi connectivity index (χ1) is 14.8. The number of oxazole rings is 1. The van der Waals surface area contributed by atoms with Crippen LogP contribution in [-0.2, 0) is 14.8 Å². The lowest BCUT2D eigenvalue weighted by atomic mass is 10.2. The average molecular weight is 480 g/mol. The Kier molecular flexibility index (Phi) is 6.57. The van der Waals surface area contributed by atoms with Crippen LogP contribution in [-0.4, -0.2) is 42.5 Å². The van der Waals surface area contributed by atoms with Crippen molar-refractivity contribution in [1.82, 2.24) is 9.29 Å². The fourth-order valence-corrected chi connectivity index (χ4v) is 6.00. The second-order valence-corrected chi connectivity index (χ2v) is 10.7. The summed E-state index contributed by atoms with van der Waals surface area (Å²) >= 11 is 7.09. The van der Waals surface area contributed by atoms with Crippen LogP contribution in [0.15, 0.2) is 50.9 Å². The van der Waals surface area contributed by atoms with E-state index < -0.39 is 10.0 Å². The van der Waals surface area contributed by atoms with E-state index in [1.54, 1.807) is 36.4 Å². The van der Waals surface area contributed by atoms with Gasteiger partial charge in [-0.3, -0.25) is 4.79 Å². The maximum Gasteiger partial charge on any atom is 0.257 e. The fraction of sp³-hybridized carbons (Fsp3) is 0.333. The van der Waals surface area contributed by atoms with Crippen LogP contribution < -0.4 is 5.32 Å². The molecule has 7 nitrogen and oxygen atoms in total. The van der Waals surface area contributed by atoms with Crippen LogP contribution in [0.2, 0.25) is 5.02 Å². The van der Waals surface area contributed by atoms with Gasteiger partial charge in [-0.15, -0.1) is 0 Å². The number of fused-ring (bicyclic) bond motifs is 1. The van der Waals surface area contributed by atoms with Gasteiger partial charge in [-0.2, -0.15) is 4.31 Å². The predicted molar refractivity (Wildman–Crippen MR) is 122 cm³/mol. The summed E-state index contributed by atoms with van der Waals surface area (Å²) in [5.41, 5.74) is 2.30. The Hall–Kier alpha value is -2.07. The number of carbonyl (C=O) groups is 1. The van der Waals surface area contributed by atoms with Gasteiger partial charge < -0.3 is 9.73 Å². The molecule has 1 aromatic heterocycles. The molecule has 1 fully saturated rings.